The molecule has 1 aliphatic carbocycles. The van der Waals surface area contributed by atoms with Crippen LogP contribution in [0.3, 0.4) is 0 Å². The number of benzene rings is 2. The zero-order valence-corrected chi connectivity index (χ0v) is 24.2. The number of sulfone groups is 2. The first-order valence-corrected chi connectivity index (χ1v) is 16.4. The zero-order chi connectivity index (χ0) is 31.5. The summed E-state index contributed by atoms with van der Waals surface area (Å²) in [6.45, 7) is 1.49. The summed E-state index contributed by atoms with van der Waals surface area (Å²) >= 11 is 0. The van der Waals surface area contributed by atoms with Crippen molar-refractivity contribution in [1.29, 1.82) is 0 Å². The van der Waals surface area contributed by atoms with Crippen LogP contribution in [0.1, 0.15) is 37.8 Å². The molecule has 16 heteroatoms. The third-order valence-corrected chi connectivity index (χ3v) is 9.39. The van der Waals surface area contributed by atoms with Crippen LogP contribution in [-0.2, 0) is 29.3 Å². The van der Waals surface area contributed by atoms with Crippen LogP contribution in [0.25, 0.3) is 0 Å². The van der Waals surface area contributed by atoms with Crippen molar-refractivity contribution in [2.45, 2.75) is 72.4 Å². The molecule has 0 spiro atoms. The van der Waals surface area contributed by atoms with Gasteiger partial charge in [0, 0.05) is 12.3 Å². The Balaban J connectivity index is 1.97. The first-order chi connectivity index (χ1) is 19.4. The van der Waals surface area contributed by atoms with Gasteiger partial charge < -0.3 is 15.7 Å². The van der Waals surface area contributed by atoms with Crippen LogP contribution in [0.5, 0.6) is 0 Å². The number of carbonyl (C=O) groups excluding carboxylic acids is 2. The molecule has 0 radical (unpaired) electrons. The molecule has 2 unspecified atom stereocenters. The summed E-state index contributed by atoms with van der Waals surface area (Å²) in [5, 5.41) is 17.3. The van der Waals surface area contributed by atoms with Gasteiger partial charge in [0.05, 0.1) is 21.6 Å². The highest BCUT2D eigenvalue weighted by atomic mass is 32.2. The van der Waals surface area contributed by atoms with E-state index < -0.39 is 83.9 Å². The van der Waals surface area contributed by atoms with Gasteiger partial charge in [0.2, 0.25) is 5.91 Å². The first kappa shape index (κ1) is 33.4. The van der Waals surface area contributed by atoms with Crippen molar-refractivity contribution in [2.75, 3.05) is 12.0 Å². The number of amides is 2. The molecule has 0 saturated heterocycles. The molecule has 4 N–H and O–H groups in total. The molecular weight excluding hydrogens is 606 g/mol. The summed E-state index contributed by atoms with van der Waals surface area (Å²) in [5.41, 5.74) is -0.519. The molecule has 2 amide bonds. The predicted octanol–water partition coefficient (Wildman–Crippen LogP) is 1.80. The number of carbonyl (C=O) groups is 2. The predicted molar refractivity (Wildman–Crippen MR) is 143 cm³/mol. The van der Waals surface area contributed by atoms with E-state index in [0.29, 0.717) is 12.8 Å². The SMILES string of the molecule is CC[C@H](NC(=O)C(CS(=O)(=O)c1cccc(S(C)(=O)=O)c1)N[C@@H](c1ccc(F)cc1)C(F)(F)F)C(O)C(=O)NC1CC1. The van der Waals surface area contributed by atoms with E-state index in [0.717, 1.165) is 54.8 Å². The molecule has 0 bridgehead atoms. The standard InChI is InChI=1S/C26H31F4N3O7S2/c1-3-20(22(34)25(36)31-17-11-12-17)33-24(35)21(32-23(26(28,29)30)15-7-9-16(27)10-8-15)14-42(39,40)19-6-4-5-18(13-19)41(2,37)38/h4-10,13,17,20-23,32,34H,3,11-12,14H2,1-2H3,(H,31,36)(H,33,35)/t20-,21?,22?,23-/m0/s1. The van der Waals surface area contributed by atoms with Gasteiger partial charge in [-0.05, 0) is 55.2 Å². The lowest BCUT2D eigenvalue weighted by Crippen LogP contribution is -2.57. The Morgan fingerprint density at radius 3 is 2.12 bits per heavy atom. The summed E-state index contributed by atoms with van der Waals surface area (Å²) in [4.78, 5) is 24.8. The van der Waals surface area contributed by atoms with Crippen LogP contribution in [0.4, 0.5) is 17.6 Å². The fourth-order valence-electron chi connectivity index (χ4n) is 4.03. The number of aliphatic hydroxyl groups excluding tert-OH is 1. The molecule has 3 rings (SSSR count). The number of hydrogen-bond acceptors (Lipinski definition) is 8. The minimum Gasteiger partial charge on any atom is -0.381 e. The summed E-state index contributed by atoms with van der Waals surface area (Å²) in [5.74, 6) is -4.18. The van der Waals surface area contributed by atoms with E-state index in [4.69, 9.17) is 0 Å². The number of nitrogens with one attached hydrogen (secondary N) is 3. The van der Waals surface area contributed by atoms with Gasteiger partial charge in [-0.1, -0.05) is 25.1 Å². The lowest BCUT2D eigenvalue weighted by atomic mass is 10.0. The summed E-state index contributed by atoms with van der Waals surface area (Å²) in [6, 6.07) is 1.10. The van der Waals surface area contributed by atoms with Crippen molar-refractivity contribution in [1.82, 2.24) is 16.0 Å². The van der Waals surface area contributed by atoms with Gasteiger partial charge in [0.15, 0.2) is 25.8 Å². The van der Waals surface area contributed by atoms with Crippen molar-refractivity contribution in [3.8, 4) is 0 Å². The monoisotopic (exact) mass is 637 g/mol. The van der Waals surface area contributed by atoms with Crippen molar-refractivity contribution in [3.63, 3.8) is 0 Å². The maximum absolute atomic E-state index is 14.2. The van der Waals surface area contributed by atoms with Gasteiger partial charge in [-0.15, -0.1) is 0 Å². The van der Waals surface area contributed by atoms with Gasteiger partial charge in [0.1, 0.15) is 17.9 Å². The van der Waals surface area contributed by atoms with Gasteiger partial charge in [-0.2, -0.15) is 13.2 Å². The highest BCUT2D eigenvalue weighted by Gasteiger charge is 2.44. The third-order valence-electron chi connectivity index (χ3n) is 6.53. The first-order valence-electron chi connectivity index (χ1n) is 12.8. The summed E-state index contributed by atoms with van der Waals surface area (Å²) < 4.78 is 106. The second-order valence-electron chi connectivity index (χ2n) is 10.0. The fourth-order valence-corrected chi connectivity index (χ4v) is 6.25. The van der Waals surface area contributed by atoms with Gasteiger partial charge in [-0.25, -0.2) is 21.2 Å². The number of rotatable bonds is 13. The molecule has 2 aromatic carbocycles. The third kappa shape index (κ3) is 8.96. The van der Waals surface area contributed by atoms with E-state index in [1.165, 1.54) is 6.92 Å². The molecule has 1 saturated carbocycles. The largest absolute Gasteiger partial charge is 0.407 e. The molecule has 1 fully saturated rings. The Labute approximate surface area is 240 Å². The van der Waals surface area contributed by atoms with Gasteiger partial charge >= 0.3 is 6.18 Å². The molecule has 10 nitrogen and oxygen atoms in total. The van der Waals surface area contributed by atoms with Gasteiger partial charge in [0.25, 0.3) is 5.91 Å². The maximum Gasteiger partial charge on any atom is 0.407 e. The zero-order valence-electron chi connectivity index (χ0n) is 22.6. The Morgan fingerprint density at radius 2 is 1.60 bits per heavy atom. The van der Waals surface area contributed by atoms with E-state index in [2.05, 4.69) is 10.6 Å². The number of alkyl halides is 3. The molecule has 0 aliphatic heterocycles. The lowest BCUT2D eigenvalue weighted by Gasteiger charge is -2.29. The molecule has 232 valence electrons. The highest BCUT2D eigenvalue weighted by molar-refractivity contribution is 7.92. The Kier molecular flexibility index (Phi) is 10.4. The molecule has 0 aromatic heterocycles. The van der Waals surface area contributed by atoms with E-state index in [1.807, 2.05) is 5.32 Å². The molecule has 1 aliphatic rings. The van der Waals surface area contributed by atoms with Crippen LogP contribution in [0.15, 0.2) is 58.3 Å². The van der Waals surface area contributed by atoms with Crippen LogP contribution in [0.2, 0.25) is 0 Å². The molecule has 4 atom stereocenters. The number of halogens is 4. The number of hydrogen-bond donors (Lipinski definition) is 4. The second kappa shape index (κ2) is 13.1. The van der Waals surface area contributed by atoms with E-state index in [9.17, 15) is 49.1 Å². The Hall–Kier alpha value is -3.08. The lowest BCUT2D eigenvalue weighted by molar-refractivity contribution is -0.160. The normalized spacial score (nSPS) is 17.1. The molecule has 2 aromatic rings. The fraction of sp³-hybridized carbons (Fsp3) is 0.462. The minimum absolute atomic E-state index is 0.0401. The summed E-state index contributed by atoms with van der Waals surface area (Å²) in [6.07, 6.45) is -4.66. The summed E-state index contributed by atoms with van der Waals surface area (Å²) in [7, 11) is -8.46. The average molecular weight is 638 g/mol. The molecular formula is C26H31F4N3O7S2. The van der Waals surface area contributed by atoms with Crippen molar-refractivity contribution < 1.29 is 49.1 Å². The van der Waals surface area contributed by atoms with Crippen molar-refractivity contribution >= 4 is 31.5 Å². The van der Waals surface area contributed by atoms with Gasteiger partial charge in [-0.3, -0.25) is 14.9 Å². The second-order valence-corrected chi connectivity index (χ2v) is 14.1. The topological polar surface area (TPSA) is 159 Å². The van der Waals surface area contributed by atoms with Crippen LogP contribution in [-0.4, -0.2) is 76.2 Å². The van der Waals surface area contributed by atoms with E-state index in [-0.39, 0.29) is 17.4 Å². The van der Waals surface area contributed by atoms with E-state index in [1.54, 1.807) is 0 Å². The van der Waals surface area contributed by atoms with Crippen LogP contribution >= 0.6 is 0 Å². The maximum atomic E-state index is 14.2. The highest BCUT2D eigenvalue weighted by Crippen LogP contribution is 2.33. The average Bonchev–Trinajstić information content (AvgIpc) is 3.72. The van der Waals surface area contributed by atoms with Crippen LogP contribution in [0, 0.1) is 5.82 Å². The van der Waals surface area contributed by atoms with Crippen LogP contribution < -0.4 is 16.0 Å². The minimum atomic E-state index is -5.08. The molecule has 42 heavy (non-hydrogen) atoms. The smallest absolute Gasteiger partial charge is 0.381 e. The number of aliphatic hydroxyl groups is 1. The molecule has 0 heterocycles. The van der Waals surface area contributed by atoms with Crippen molar-refractivity contribution in [3.05, 3.63) is 59.9 Å². The Morgan fingerprint density at radius 1 is 1.00 bits per heavy atom. The van der Waals surface area contributed by atoms with E-state index >= 15 is 0 Å². The quantitative estimate of drug-likeness (QED) is 0.242. The van der Waals surface area contributed by atoms with Crippen molar-refractivity contribution in [2.24, 2.45) is 0 Å². The Bertz CT molecular complexity index is 1500.